The summed E-state index contributed by atoms with van der Waals surface area (Å²) in [6.45, 7) is 2.78. The second kappa shape index (κ2) is 6.48. The van der Waals surface area contributed by atoms with E-state index in [2.05, 4.69) is 16.7 Å². The number of carbonyl (C=O) groups is 2. The lowest BCUT2D eigenvalue weighted by Crippen LogP contribution is -2.30. The summed E-state index contributed by atoms with van der Waals surface area (Å²) in [7, 11) is 0. The Morgan fingerprint density at radius 3 is 3.00 bits per heavy atom. The molecular formula is C17H22N2O3. The van der Waals surface area contributed by atoms with E-state index in [1.54, 1.807) is 0 Å². The number of nitrogens with one attached hydrogen (secondary N) is 2. The van der Waals surface area contributed by atoms with E-state index in [9.17, 15) is 9.59 Å². The van der Waals surface area contributed by atoms with Crippen LogP contribution in [-0.4, -0.2) is 25.0 Å². The maximum atomic E-state index is 11.9. The highest BCUT2D eigenvalue weighted by Gasteiger charge is 2.22. The molecule has 0 bridgehead atoms. The van der Waals surface area contributed by atoms with E-state index in [1.807, 2.05) is 19.1 Å². The van der Waals surface area contributed by atoms with Crippen LogP contribution >= 0.6 is 0 Å². The zero-order valence-electron chi connectivity index (χ0n) is 12.9. The molecule has 2 amide bonds. The zero-order chi connectivity index (χ0) is 15.5. The summed E-state index contributed by atoms with van der Waals surface area (Å²) in [5.74, 6) is 0.648. The van der Waals surface area contributed by atoms with Gasteiger partial charge in [0.05, 0.1) is 12.6 Å². The van der Waals surface area contributed by atoms with Gasteiger partial charge in [-0.1, -0.05) is 12.1 Å². The summed E-state index contributed by atoms with van der Waals surface area (Å²) >= 11 is 0. The van der Waals surface area contributed by atoms with E-state index in [4.69, 9.17) is 4.74 Å². The summed E-state index contributed by atoms with van der Waals surface area (Å²) in [6, 6.07) is 5.85. The van der Waals surface area contributed by atoms with Crippen LogP contribution in [0.25, 0.3) is 0 Å². The highest BCUT2D eigenvalue weighted by molar-refractivity contribution is 5.93. The van der Waals surface area contributed by atoms with Crippen molar-refractivity contribution in [1.82, 2.24) is 5.32 Å². The molecular weight excluding hydrogens is 280 g/mol. The highest BCUT2D eigenvalue weighted by Crippen LogP contribution is 2.29. The lowest BCUT2D eigenvalue weighted by molar-refractivity contribution is -0.126. The van der Waals surface area contributed by atoms with Crippen molar-refractivity contribution in [2.45, 2.75) is 38.6 Å². The lowest BCUT2D eigenvalue weighted by Gasteiger charge is -2.20. The molecule has 2 aliphatic rings. The van der Waals surface area contributed by atoms with Gasteiger partial charge in [-0.3, -0.25) is 9.59 Å². The van der Waals surface area contributed by atoms with Gasteiger partial charge >= 0.3 is 0 Å². The first-order chi connectivity index (χ1) is 10.6. The summed E-state index contributed by atoms with van der Waals surface area (Å²) in [5.41, 5.74) is 3.06. The normalized spacial score (nSPS) is 18.3. The van der Waals surface area contributed by atoms with Crippen LogP contribution in [0.4, 0.5) is 5.69 Å². The Morgan fingerprint density at radius 1 is 1.41 bits per heavy atom. The second-order valence-corrected chi connectivity index (χ2v) is 6.21. The molecule has 22 heavy (non-hydrogen) atoms. The molecule has 1 atom stereocenters. The SMILES string of the molecule is C[C@H](NC(=O)COCC1CC1)c1ccc2c(c1)CCC(=O)N2. The largest absolute Gasteiger partial charge is 0.371 e. The van der Waals surface area contributed by atoms with E-state index >= 15 is 0 Å². The molecule has 5 nitrogen and oxygen atoms in total. The predicted octanol–water partition coefficient (Wildman–Crippen LogP) is 2.18. The average Bonchev–Trinajstić information content (AvgIpc) is 3.30. The third kappa shape index (κ3) is 3.85. The molecule has 0 spiro atoms. The molecule has 1 fully saturated rings. The Labute approximate surface area is 130 Å². The molecule has 1 saturated carbocycles. The van der Waals surface area contributed by atoms with Gasteiger partial charge in [-0.2, -0.15) is 0 Å². The fraction of sp³-hybridized carbons (Fsp3) is 0.529. The van der Waals surface area contributed by atoms with Gasteiger partial charge in [-0.15, -0.1) is 0 Å². The Balaban J connectivity index is 1.53. The predicted molar refractivity (Wildman–Crippen MR) is 83.5 cm³/mol. The molecule has 5 heteroatoms. The second-order valence-electron chi connectivity index (χ2n) is 6.21. The lowest BCUT2D eigenvalue weighted by atomic mass is 9.98. The van der Waals surface area contributed by atoms with E-state index in [1.165, 1.54) is 12.8 Å². The number of anilines is 1. The Bertz CT molecular complexity index is 581. The number of hydrogen-bond donors (Lipinski definition) is 2. The molecule has 0 radical (unpaired) electrons. The third-order valence-corrected chi connectivity index (χ3v) is 4.19. The van der Waals surface area contributed by atoms with Crippen LogP contribution in [-0.2, 0) is 20.7 Å². The first-order valence-electron chi connectivity index (χ1n) is 7.91. The minimum atomic E-state index is -0.0841. The van der Waals surface area contributed by atoms with E-state index in [-0.39, 0.29) is 24.5 Å². The fourth-order valence-corrected chi connectivity index (χ4v) is 2.64. The molecule has 0 aromatic heterocycles. The number of benzene rings is 1. The standard InChI is InChI=1S/C17H22N2O3/c1-11(18-17(21)10-22-9-12-2-3-12)13-4-6-15-14(8-13)5-7-16(20)19-15/h4,6,8,11-12H,2-3,5,7,9-10H2,1H3,(H,18,21)(H,19,20)/t11-/m0/s1. The van der Waals surface area contributed by atoms with E-state index in [0.29, 0.717) is 18.9 Å². The number of ether oxygens (including phenoxy) is 1. The first kappa shape index (κ1) is 15.0. The van der Waals surface area contributed by atoms with Crippen molar-refractivity contribution >= 4 is 17.5 Å². The van der Waals surface area contributed by atoms with Gasteiger partial charge < -0.3 is 15.4 Å². The maximum absolute atomic E-state index is 11.9. The summed E-state index contributed by atoms with van der Waals surface area (Å²) < 4.78 is 5.40. The molecule has 1 aliphatic carbocycles. The average molecular weight is 302 g/mol. The summed E-state index contributed by atoms with van der Waals surface area (Å²) in [5, 5.41) is 5.82. The van der Waals surface area contributed by atoms with Crippen LogP contribution in [0.15, 0.2) is 18.2 Å². The molecule has 1 heterocycles. The monoisotopic (exact) mass is 302 g/mol. The van der Waals surface area contributed by atoms with Crippen LogP contribution < -0.4 is 10.6 Å². The minimum absolute atomic E-state index is 0.0643. The van der Waals surface area contributed by atoms with Gasteiger partial charge in [0, 0.05) is 12.1 Å². The number of rotatable bonds is 6. The van der Waals surface area contributed by atoms with Crippen LogP contribution in [0.3, 0.4) is 0 Å². The topological polar surface area (TPSA) is 67.4 Å². The molecule has 0 saturated heterocycles. The fourth-order valence-electron chi connectivity index (χ4n) is 2.64. The number of amides is 2. The Kier molecular flexibility index (Phi) is 4.43. The van der Waals surface area contributed by atoms with Crippen LogP contribution in [0, 0.1) is 5.92 Å². The molecule has 1 aliphatic heterocycles. The number of hydrogen-bond acceptors (Lipinski definition) is 3. The quantitative estimate of drug-likeness (QED) is 0.846. The third-order valence-electron chi connectivity index (χ3n) is 4.19. The molecule has 1 aromatic rings. The molecule has 1 aromatic carbocycles. The van der Waals surface area contributed by atoms with Gasteiger partial charge in [0.2, 0.25) is 11.8 Å². The Morgan fingerprint density at radius 2 is 2.23 bits per heavy atom. The van der Waals surface area contributed by atoms with Crippen LogP contribution in [0.2, 0.25) is 0 Å². The van der Waals surface area contributed by atoms with Crippen molar-refractivity contribution in [2.75, 3.05) is 18.5 Å². The minimum Gasteiger partial charge on any atom is -0.371 e. The molecule has 3 rings (SSSR count). The summed E-state index contributed by atoms with van der Waals surface area (Å²) in [6.07, 6.45) is 3.72. The van der Waals surface area contributed by atoms with Gasteiger partial charge in [-0.25, -0.2) is 0 Å². The number of aryl methyl sites for hydroxylation is 1. The van der Waals surface area contributed by atoms with Crippen molar-refractivity contribution in [3.63, 3.8) is 0 Å². The number of fused-ring (bicyclic) bond motifs is 1. The molecule has 118 valence electrons. The van der Waals surface area contributed by atoms with Crippen LogP contribution in [0.1, 0.15) is 43.4 Å². The van der Waals surface area contributed by atoms with Gasteiger partial charge in [0.1, 0.15) is 6.61 Å². The molecule has 2 N–H and O–H groups in total. The van der Waals surface area contributed by atoms with Crippen molar-refractivity contribution in [3.8, 4) is 0 Å². The van der Waals surface area contributed by atoms with Crippen LogP contribution in [0.5, 0.6) is 0 Å². The highest BCUT2D eigenvalue weighted by atomic mass is 16.5. The Hall–Kier alpha value is -1.88. The van der Waals surface area contributed by atoms with Crippen molar-refractivity contribution in [2.24, 2.45) is 5.92 Å². The van der Waals surface area contributed by atoms with Crippen molar-refractivity contribution in [3.05, 3.63) is 29.3 Å². The number of carbonyl (C=O) groups excluding carboxylic acids is 2. The zero-order valence-corrected chi connectivity index (χ0v) is 12.9. The first-order valence-corrected chi connectivity index (χ1v) is 7.91. The van der Waals surface area contributed by atoms with Crippen molar-refractivity contribution in [1.29, 1.82) is 0 Å². The van der Waals surface area contributed by atoms with Gasteiger partial charge in [0.15, 0.2) is 0 Å². The smallest absolute Gasteiger partial charge is 0.246 e. The summed E-state index contributed by atoms with van der Waals surface area (Å²) in [4.78, 5) is 23.2. The van der Waals surface area contributed by atoms with Crippen molar-refractivity contribution < 1.29 is 14.3 Å². The maximum Gasteiger partial charge on any atom is 0.246 e. The van der Waals surface area contributed by atoms with Gasteiger partial charge in [-0.05, 0) is 49.3 Å². The van der Waals surface area contributed by atoms with Gasteiger partial charge in [0.25, 0.3) is 0 Å². The van der Waals surface area contributed by atoms with E-state index in [0.717, 1.165) is 23.2 Å². The van der Waals surface area contributed by atoms with E-state index < -0.39 is 0 Å². The molecule has 0 unspecified atom stereocenters.